The summed E-state index contributed by atoms with van der Waals surface area (Å²) in [4.78, 5) is 0. The minimum Gasteiger partial charge on any atom is -0.0622 e. The number of hydrogen-bond donors (Lipinski definition) is 0. The van der Waals surface area contributed by atoms with E-state index in [-0.39, 0.29) is 5.92 Å². The van der Waals surface area contributed by atoms with E-state index in [1.165, 1.54) is 42.5 Å². The third kappa shape index (κ3) is 4.68. The Morgan fingerprint density at radius 2 is 0.969 bits per heavy atom. The molecule has 4 aromatic carbocycles. The molecule has 0 aliphatic heterocycles. The summed E-state index contributed by atoms with van der Waals surface area (Å²) >= 11 is 2.48. The molecule has 0 heterocycles. The topological polar surface area (TPSA) is 0 Å². The zero-order valence-electron chi connectivity index (χ0n) is 19.3. The molecular formula is C31H31I. The molecule has 1 heteroatoms. The van der Waals surface area contributed by atoms with Crippen molar-refractivity contribution >= 4 is 22.6 Å². The Morgan fingerprint density at radius 1 is 0.531 bits per heavy atom. The van der Waals surface area contributed by atoms with Crippen molar-refractivity contribution in [2.24, 2.45) is 0 Å². The normalized spacial score (nSPS) is 11.5. The minimum atomic E-state index is 0.219. The van der Waals surface area contributed by atoms with Crippen molar-refractivity contribution in [2.45, 2.75) is 45.4 Å². The fraction of sp³-hybridized carbons (Fsp3) is 0.226. The molecule has 0 N–H and O–H groups in total. The maximum Gasteiger partial charge on any atom is 0.0340 e. The highest BCUT2D eigenvalue weighted by molar-refractivity contribution is 14.1. The molecule has 0 aromatic heterocycles. The summed E-state index contributed by atoms with van der Waals surface area (Å²) in [6, 6.07) is 35.6. The van der Waals surface area contributed by atoms with Crippen LogP contribution < -0.4 is 0 Å². The summed E-state index contributed by atoms with van der Waals surface area (Å²) in [5.41, 5.74) is 9.70. The van der Waals surface area contributed by atoms with Crippen molar-refractivity contribution in [3.8, 4) is 11.1 Å². The summed E-state index contributed by atoms with van der Waals surface area (Å²) in [5.74, 6) is 1.09. The second kappa shape index (κ2) is 10.0. The summed E-state index contributed by atoms with van der Waals surface area (Å²) in [7, 11) is 0. The number of hydrogen-bond acceptors (Lipinski definition) is 0. The third-order valence-corrected chi connectivity index (χ3v) is 7.15. The Hall–Kier alpha value is -2.39. The van der Waals surface area contributed by atoms with Crippen LogP contribution in [-0.4, -0.2) is 0 Å². The Bertz CT molecular complexity index is 1110. The monoisotopic (exact) mass is 530 g/mol. The van der Waals surface area contributed by atoms with Crippen molar-refractivity contribution in [3.63, 3.8) is 0 Å². The Kier molecular flexibility index (Phi) is 7.15. The first kappa shape index (κ1) is 22.8. The van der Waals surface area contributed by atoms with Gasteiger partial charge < -0.3 is 0 Å². The predicted octanol–water partition coefficient (Wildman–Crippen LogP) is 9.39. The first-order valence-corrected chi connectivity index (χ1v) is 12.6. The van der Waals surface area contributed by atoms with Crippen LogP contribution in [0.25, 0.3) is 11.1 Å². The van der Waals surface area contributed by atoms with Crippen LogP contribution in [0, 0.1) is 3.57 Å². The van der Waals surface area contributed by atoms with Crippen LogP contribution in [0.3, 0.4) is 0 Å². The smallest absolute Gasteiger partial charge is 0.0340 e. The van der Waals surface area contributed by atoms with Crippen LogP contribution >= 0.6 is 22.6 Å². The Balaban J connectivity index is 2.01. The molecule has 0 radical (unpaired) electrons. The molecule has 0 aliphatic carbocycles. The molecule has 0 unspecified atom stereocenters. The van der Waals surface area contributed by atoms with Gasteiger partial charge in [-0.2, -0.15) is 0 Å². The second-order valence-electron chi connectivity index (χ2n) is 9.12. The van der Waals surface area contributed by atoms with E-state index < -0.39 is 0 Å². The van der Waals surface area contributed by atoms with Gasteiger partial charge in [0.05, 0.1) is 0 Å². The number of benzene rings is 4. The average molecular weight is 530 g/mol. The van der Waals surface area contributed by atoms with Gasteiger partial charge in [0.25, 0.3) is 0 Å². The highest BCUT2D eigenvalue weighted by Crippen LogP contribution is 2.42. The average Bonchev–Trinajstić information content (AvgIpc) is 2.80. The SMILES string of the molecule is CC(C)c1cc(C(c2ccccc2)c2ccccc2)cc(C(C)C)c1-c1ccccc1I. The molecule has 32 heavy (non-hydrogen) atoms. The molecule has 0 saturated heterocycles. The van der Waals surface area contributed by atoms with Gasteiger partial charge in [-0.1, -0.05) is 119 Å². The molecule has 0 fully saturated rings. The van der Waals surface area contributed by atoms with E-state index in [4.69, 9.17) is 0 Å². The van der Waals surface area contributed by atoms with E-state index in [1.807, 2.05) is 0 Å². The summed E-state index contributed by atoms with van der Waals surface area (Å²) in [6.45, 7) is 9.29. The Labute approximate surface area is 206 Å². The second-order valence-corrected chi connectivity index (χ2v) is 10.3. The number of rotatable bonds is 6. The maximum atomic E-state index is 2.48. The minimum absolute atomic E-state index is 0.219. The first-order valence-electron chi connectivity index (χ1n) is 11.5. The Morgan fingerprint density at radius 3 is 1.41 bits per heavy atom. The molecular weight excluding hydrogens is 499 g/mol. The van der Waals surface area contributed by atoms with E-state index in [0.717, 1.165) is 0 Å². The largest absolute Gasteiger partial charge is 0.0622 e. The molecule has 0 atom stereocenters. The van der Waals surface area contributed by atoms with Gasteiger partial charge in [-0.25, -0.2) is 0 Å². The molecule has 162 valence electrons. The van der Waals surface area contributed by atoms with Crippen LogP contribution in [0.2, 0.25) is 0 Å². The molecule has 4 rings (SSSR count). The standard InChI is InChI=1S/C31H31I/c1-21(2)27-19-25(20-28(22(3)4)31(27)26-17-11-12-18-29(26)32)30(23-13-7-5-8-14-23)24-15-9-6-10-16-24/h5-22,30H,1-4H3. The van der Waals surface area contributed by atoms with E-state index in [0.29, 0.717) is 11.8 Å². The van der Waals surface area contributed by atoms with Gasteiger partial charge in [0.1, 0.15) is 0 Å². The lowest BCUT2D eigenvalue weighted by molar-refractivity contribution is 0.825. The van der Waals surface area contributed by atoms with Gasteiger partial charge in [-0.3, -0.25) is 0 Å². The van der Waals surface area contributed by atoms with Crippen LogP contribution in [0.5, 0.6) is 0 Å². The lowest BCUT2D eigenvalue weighted by Crippen LogP contribution is -2.08. The van der Waals surface area contributed by atoms with Crippen molar-refractivity contribution in [1.29, 1.82) is 0 Å². The maximum absolute atomic E-state index is 2.48. The van der Waals surface area contributed by atoms with Crippen LogP contribution in [0.15, 0.2) is 97.1 Å². The molecule has 0 amide bonds. The molecule has 4 aromatic rings. The summed E-state index contributed by atoms with van der Waals surface area (Å²) in [6.07, 6.45) is 0. The van der Waals surface area contributed by atoms with Gasteiger partial charge in [-0.15, -0.1) is 0 Å². The van der Waals surface area contributed by atoms with Gasteiger partial charge in [0.2, 0.25) is 0 Å². The highest BCUT2D eigenvalue weighted by atomic mass is 127. The quantitative estimate of drug-likeness (QED) is 0.172. The number of halogens is 1. The summed E-state index contributed by atoms with van der Waals surface area (Å²) in [5, 5.41) is 0. The fourth-order valence-corrected chi connectivity index (χ4v) is 5.29. The van der Waals surface area contributed by atoms with E-state index in [9.17, 15) is 0 Å². The van der Waals surface area contributed by atoms with Gasteiger partial charge in [0, 0.05) is 9.49 Å². The van der Waals surface area contributed by atoms with E-state index >= 15 is 0 Å². The van der Waals surface area contributed by atoms with Gasteiger partial charge in [0.15, 0.2) is 0 Å². The van der Waals surface area contributed by atoms with Crippen molar-refractivity contribution in [2.75, 3.05) is 0 Å². The zero-order chi connectivity index (χ0) is 22.7. The van der Waals surface area contributed by atoms with Crippen LogP contribution in [0.1, 0.15) is 73.3 Å². The highest BCUT2D eigenvalue weighted by Gasteiger charge is 2.23. The predicted molar refractivity (Wildman–Crippen MR) is 147 cm³/mol. The lowest BCUT2D eigenvalue weighted by Gasteiger charge is -2.26. The van der Waals surface area contributed by atoms with Crippen LogP contribution in [-0.2, 0) is 0 Å². The van der Waals surface area contributed by atoms with Gasteiger partial charge >= 0.3 is 0 Å². The summed E-state index contributed by atoms with van der Waals surface area (Å²) < 4.78 is 1.31. The van der Waals surface area contributed by atoms with Crippen molar-refractivity contribution < 1.29 is 0 Å². The molecule has 0 spiro atoms. The third-order valence-electron chi connectivity index (χ3n) is 6.21. The molecule has 0 saturated carbocycles. The van der Waals surface area contributed by atoms with E-state index in [1.54, 1.807) is 0 Å². The van der Waals surface area contributed by atoms with E-state index in [2.05, 4.69) is 147 Å². The zero-order valence-corrected chi connectivity index (χ0v) is 21.5. The molecule has 0 bridgehead atoms. The molecule has 0 aliphatic rings. The van der Waals surface area contributed by atoms with Gasteiger partial charge in [-0.05, 0) is 79.4 Å². The first-order chi connectivity index (χ1) is 15.5. The lowest BCUT2D eigenvalue weighted by atomic mass is 9.78. The molecule has 0 nitrogen and oxygen atoms in total. The van der Waals surface area contributed by atoms with Crippen molar-refractivity contribution in [3.05, 3.63) is 128 Å². The fourth-order valence-electron chi connectivity index (χ4n) is 4.63. The van der Waals surface area contributed by atoms with Crippen molar-refractivity contribution in [1.82, 2.24) is 0 Å². The van der Waals surface area contributed by atoms with Crippen LogP contribution in [0.4, 0.5) is 0 Å².